The van der Waals surface area contributed by atoms with Crippen molar-refractivity contribution in [2.45, 2.75) is 38.3 Å². The Hall–Kier alpha value is -0.630. The van der Waals surface area contributed by atoms with E-state index in [0.29, 0.717) is 12.3 Å². The van der Waals surface area contributed by atoms with Crippen molar-refractivity contribution in [2.75, 3.05) is 18.1 Å². The molecule has 0 heterocycles. The zero-order valence-electron chi connectivity index (χ0n) is 12.6. The van der Waals surface area contributed by atoms with E-state index in [0.717, 1.165) is 17.9 Å². The Balaban J connectivity index is 2.90. The summed E-state index contributed by atoms with van der Waals surface area (Å²) in [5.74, 6) is 0.852. The van der Waals surface area contributed by atoms with Crippen molar-refractivity contribution in [3.05, 3.63) is 29.6 Å². The van der Waals surface area contributed by atoms with Crippen LogP contribution in [0.1, 0.15) is 26.3 Å². The van der Waals surface area contributed by atoms with Gasteiger partial charge in [-0.25, -0.2) is 17.5 Å². The van der Waals surface area contributed by atoms with Crippen LogP contribution in [0.3, 0.4) is 0 Å². The smallest absolute Gasteiger partial charge is 0.243 e. The lowest BCUT2D eigenvalue weighted by atomic mass is 10.2. The van der Waals surface area contributed by atoms with Gasteiger partial charge in [-0.2, -0.15) is 11.8 Å². The summed E-state index contributed by atoms with van der Waals surface area (Å²) in [5.41, 5.74) is 0.745. The lowest BCUT2D eigenvalue weighted by molar-refractivity contribution is 0.548. The van der Waals surface area contributed by atoms with Crippen LogP contribution in [0.2, 0.25) is 0 Å². The molecule has 1 unspecified atom stereocenters. The van der Waals surface area contributed by atoms with Crippen LogP contribution in [0.15, 0.2) is 23.1 Å². The fourth-order valence-electron chi connectivity index (χ4n) is 1.79. The Morgan fingerprint density at radius 1 is 1.33 bits per heavy atom. The predicted octanol–water partition coefficient (Wildman–Crippen LogP) is 2.36. The molecule has 21 heavy (non-hydrogen) atoms. The minimum Gasteiger partial charge on any atom is -0.313 e. The number of benzene rings is 1. The third kappa shape index (κ3) is 5.94. The second-order valence-corrected chi connectivity index (χ2v) is 7.73. The first kappa shape index (κ1) is 18.4. The van der Waals surface area contributed by atoms with Crippen molar-refractivity contribution < 1.29 is 12.8 Å². The molecular weight excluding hydrogens is 311 g/mol. The number of halogens is 1. The molecule has 4 nitrogen and oxygen atoms in total. The fourth-order valence-corrected chi connectivity index (χ4v) is 3.94. The van der Waals surface area contributed by atoms with Crippen LogP contribution < -0.4 is 10.0 Å². The first-order valence-electron chi connectivity index (χ1n) is 7.00. The maximum absolute atomic E-state index is 13.8. The molecule has 0 aliphatic heterocycles. The summed E-state index contributed by atoms with van der Waals surface area (Å²) >= 11 is 1.64. The van der Waals surface area contributed by atoms with Crippen molar-refractivity contribution in [2.24, 2.45) is 0 Å². The van der Waals surface area contributed by atoms with Crippen LogP contribution in [0, 0.1) is 5.82 Å². The van der Waals surface area contributed by atoms with Crippen LogP contribution in [0.4, 0.5) is 4.39 Å². The highest BCUT2D eigenvalue weighted by Crippen LogP contribution is 2.17. The number of hydrogen-bond acceptors (Lipinski definition) is 4. The van der Waals surface area contributed by atoms with Gasteiger partial charge in [-0.05, 0) is 36.9 Å². The van der Waals surface area contributed by atoms with Gasteiger partial charge in [0, 0.05) is 18.3 Å². The van der Waals surface area contributed by atoms with Crippen LogP contribution in [-0.2, 0) is 16.6 Å². The largest absolute Gasteiger partial charge is 0.313 e. The summed E-state index contributed by atoms with van der Waals surface area (Å²) in [7, 11) is -3.83. The molecule has 1 atom stereocenters. The van der Waals surface area contributed by atoms with E-state index in [1.54, 1.807) is 24.8 Å². The maximum atomic E-state index is 13.8. The molecule has 0 amide bonds. The highest BCUT2D eigenvalue weighted by atomic mass is 32.2. The van der Waals surface area contributed by atoms with Gasteiger partial charge in [-0.1, -0.05) is 19.9 Å². The molecule has 0 radical (unpaired) electrons. The van der Waals surface area contributed by atoms with E-state index < -0.39 is 15.8 Å². The zero-order valence-corrected chi connectivity index (χ0v) is 14.3. The minimum absolute atomic E-state index is 0.239. The summed E-state index contributed by atoms with van der Waals surface area (Å²) in [6, 6.07) is 3.94. The molecular formula is C14H23FN2O2S2. The van der Waals surface area contributed by atoms with E-state index in [-0.39, 0.29) is 10.9 Å². The Labute approximate surface area is 131 Å². The van der Waals surface area contributed by atoms with Crippen molar-refractivity contribution in [1.82, 2.24) is 10.0 Å². The van der Waals surface area contributed by atoms with Crippen molar-refractivity contribution in [1.29, 1.82) is 0 Å². The third-order valence-corrected chi connectivity index (χ3v) is 5.54. The Bertz CT molecular complexity index is 550. The quantitative estimate of drug-likeness (QED) is 0.728. The Morgan fingerprint density at radius 2 is 2.05 bits per heavy atom. The number of thioether (sulfide) groups is 1. The van der Waals surface area contributed by atoms with Gasteiger partial charge < -0.3 is 5.32 Å². The number of hydrogen-bond donors (Lipinski definition) is 2. The van der Waals surface area contributed by atoms with Gasteiger partial charge in [0.2, 0.25) is 10.0 Å². The fraction of sp³-hybridized carbons (Fsp3) is 0.571. The normalized spacial score (nSPS) is 13.3. The van der Waals surface area contributed by atoms with E-state index in [9.17, 15) is 12.8 Å². The highest BCUT2D eigenvalue weighted by molar-refractivity contribution is 7.99. The molecule has 0 fully saturated rings. The molecule has 1 rings (SSSR count). The Morgan fingerprint density at radius 3 is 2.67 bits per heavy atom. The van der Waals surface area contributed by atoms with Gasteiger partial charge in [0.1, 0.15) is 10.7 Å². The van der Waals surface area contributed by atoms with Gasteiger partial charge in [0.05, 0.1) is 0 Å². The molecule has 0 aromatic heterocycles. The van der Waals surface area contributed by atoms with Crippen LogP contribution in [0.25, 0.3) is 0 Å². The SMILES string of the molecule is CCNCc1ccc(F)c(S(=O)(=O)NC(C)CSCC)c1. The molecule has 0 aliphatic carbocycles. The van der Waals surface area contributed by atoms with Crippen LogP contribution >= 0.6 is 11.8 Å². The van der Waals surface area contributed by atoms with E-state index >= 15 is 0 Å². The summed E-state index contributed by atoms with van der Waals surface area (Å²) in [6.45, 7) is 7.02. The molecule has 1 aromatic carbocycles. The van der Waals surface area contributed by atoms with Gasteiger partial charge in [-0.3, -0.25) is 0 Å². The first-order chi connectivity index (χ1) is 9.90. The average molecular weight is 334 g/mol. The summed E-state index contributed by atoms with van der Waals surface area (Å²) in [4.78, 5) is -0.286. The summed E-state index contributed by atoms with van der Waals surface area (Å²) in [5, 5.41) is 3.09. The maximum Gasteiger partial charge on any atom is 0.243 e. The molecule has 0 spiro atoms. The minimum atomic E-state index is -3.83. The molecule has 2 N–H and O–H groups in total. The summed E-state index contributed by atoms with van der Waals surface area (Å²) in [6.07, 6.45) is 0. The van der Waals surface area contributed by atoms with Gasteiger partial charge in [-0.15, -0.1) is 0 Å². The standard InChI is InChI=1S/C14H23FN2O2S2/c1-4-16-9-12-6-7-13(15)14(8-12)21(18,19)17-11(3)10-20-5-2/h6-8,11,16-17H,4-5,9-10H2,1-3H3. The van der Waals surface area contributed by atoms with E-state index in [2.05, 4.69) is 10.0 Å². The average Bonchev–Trinajstić information content (AvgIpc) is 2.43. The number of nitrogens with one attached hydrogen (secondary N) is 2. The van der Waals surface area contributed by atoms with Crippen molar-refractivity contribution >= 4 is 21.8 Å². The zero-order chi connectivity index (χ0) is 15.9. The monoisotopic (exact) mass is 334 g/mol. The van der Waals surface area contributed by atoms with Crippen molar-refractivity contribution in [3.8, 4) is 0 Å². The molecule has 0 saturated heterocycles. The Kier molecular flexibility index (Phi) is 7.65. The molecule has 0 saturated carbocycles. The topological polar surface area (TPSA) is 58.2 Å². The predicted molar refractivity (Wildman–Crippen MR) is 86.6 cm³/mol. The van der Waals surface area contributed by atoms with E-state index in [4.69, 9.17) is 0 Å². The van der Waals surface area contributed by atoms with Crippen LogP contribution in [-0.4, -0.2) is 32.5 Å². The van der Waals surface area contributed by atoms with E-state index in [1.807, 2.05) is 13.8 Å². The second-order valence-electron chi connectivity index (χ2n) is 4.73. The molecule has 7 heteroatoms. The van der Waals surface area contributed by atoms with Gasteiger partial charge in [0.25, 0.3) is 0 Å². The third-order valence-electron chi connectivity index (χ3n) is 2.79. The number of rotatable bonds is 9. The number of sulfonamides is 1. The van der Waals surface area contributed by atoms with Gasteiger partial charge >= 0.3 is 0 Å². The molecule has 0 bridgehead atoms. The van der Waals surface area contributed by atoms with Gasteiger partial charge in [0.15, 0.2) is 0 Å². The first-order valence-corrected chi connectivity index (χ1v) is 9.63. The second kappa shape index (κ2) is 8.73. The molecule has 1 aromatic rings. The van der Waals surface area contributed by atoms with E-state index in [1.165, 1.54) is 12.1 Å². The van der Waals surface area contributed by atoms with Crippen LogP contribution in [0.5, 0.6) is 0 Å². The summed E-state index contributed by atoms with van der Waals surface area (Å²) < 4.78 is 40.9. The lowest BCUT2D eigenvalue weighted by Gasteiger charge is -2.14. The van der Waals surface area contributed by atoms with Crippen molar-refractivity contribution in [3.63, 3.8) is 0 Å². The molecule has 120 valence electrons. The molecule has 0 aliphatic rings. The highest BCUT2D eigenvalue weighted by Gasteiger charge is 2.21. The lowest BCUT2D eigenvalue weighted by Crippen LogP contribution is -2.35.